The van der Waals surface area contributed by atoms with Gasteiger partial charge in [0.25, 0.3) is 5.91 Å². The van der Waals surface area contributed by atoms with Crippen LogP contribution in [0.4, 0.5) is 5.69 Å². The van der Waals surface area contributed by atoms with E-state index in [1.54, 1.807) is 11.9 Å². The Morgan fingerprint density at radius 2 is 1.94 bits per heavy atom. The molecule has 3 amide bonds. The van der Waals surface area contributed by atoms with Gasteiger partial charge in [-0.15, -0.1) is 0 Å². The number of fused-ring (bicyclic) bond motifs is 2. The van der Waals surface area contributed by atoms with E-state index in [2.05, 4.69) is 10.6 Å². The first kappa shape index (κ1) is 21.1. The average Bonchev–Trinajstić information content (AvgIpc) is 3.16. The van der Waals surface area contributed by atoms with Crippen LogP contribution in [0.5, 0.6) is 0 Å². The predicted octanol–water partition coefficient (Wildman–Crippen LogP) is 2.78. The van der Waals surface area contributed by atoms with Crippen molar-refractivity contribution in [2.45, 2.75) is 39.3 Å². The average molecular weight is 421 g/mol. The summed E-state index contributed by atoms with van der Waals surface area (Å²) in [4.78, 5) is 38.6. The number of nitrogens with zero attached hydrogens (tertiary/aromatic N) is 2. The summed E-state index contributed by atoms with van der Waals surface area (Å²) in [6.07, 6.45) is 0.961. The summed E-state index contributed by atoms with van der Waals surface area (Å²) in [5, 5.41) is 9.55. The molecule has 2 aromatic rings. The van der Waals surface area contributed by atoms with Crippen molar-refractivity contribution in [2.75, 3.05) is 18.4 Å². The molecule has 2 aliphatic heterocycles. The van der Waals surface area contributed by atoms with Gasteiger partial charge >= 0.3 is 0 Å². The second-order valence-corrected chi connectivity index (χ2v) is 8.37. The minimum Gasteiger partial charge on any atom is -0.340 e. The van der Waals surface area contributed by atoms with E-state index < -0.39 is 12.0 Å². The smallest absolute Gasteiger partial charge is 0.264 e. The molecule has 0 radical (unpaired) electrons. The number of rotatable bonds is 5. The van der Waals surface area contributed by atoms with E-state index in [1.165, 1.54) is 0 Å². The normalized spacial score (nSPS) is 19.2. The number of aryl methyl sites for hydroxylation is 1. The van der Waals surface area contributed by atoms with E-state index in [0.29, 0.717) is 18.8 Å². The second-order valence-electron chi connectivity index (χ2n) is 8.37. The Morgan fingerprint density at radius 3 is 2.74 bits per heavy atom. The molecule has 0 bridgehead atoms. The topological polar surface area (TPSA) is 81.8 Å². The molecule has 1 saturated heterocycles. The maximum absolute atomic E-state index is 13.2. The van der Waals surface area contributed by atoms with Crippen LogP contribution in [-0.2, 0) is 20.9 Å². The molecule has 2 N–H and O–H groups in total. The SMILES string of the molecule is Cc1cccc(NC(=O)C[C@@H](C)C(=O)N[C@@H]2C(=O)N3CCCN3Cc3ccccc32)c1. The van der Waals surface area contributed by atoms with Gasteiger partial charge < -0.3 is 10.6 Å². The van der Waals surface area contributed by atoms with Gasteiger partial charge in [0.1, 0.15) is 6.04 Å². The molecular formula is C24H28N4O3. The van der Waals surface area contributed by atoms with Gasteiger partial charge in [-0.3, -0.25) is 19.4 Å². The number of anilines is 1. The first-order chi connectivity index (χ1) is 14.9. The van der Waals surface area contributed by atoms with Crippen LogP contribution in [0.3, 0.4) is 0 Å². The molecule has 0 saturated carbocycles. The summed E-state index contributed by atoms with van der Waals surface area (Å²) in [6.45, 7) is 5.81. The minimum absolute atomic E-state index is 0.0399. The summed E-state index contributed by atoms with van der Waals surface area (Å²) >= 11 is 0. The third-order valence-electron chi connectivity index (χ3n) is 5.88. The second kappa shape index (κ2) is 8.89. The van der Waals surface area contributed by atoms with Gasteiger partial charge in [0, 0.05) is 37.7 Å². The number of carbonyl (C=O) groups excluding carboxylic acids is 3. The van der Waals surface area contributed by atoms with Gasteiger partial charge in [-0.05, 0) is 42.2 Å². The zero-order valence-corrected chi connectivity index (χ0v) is 17.9. The van der Waals surface area contributed by atoms with E-state index in [0.717, 1.165) is 29.7 Å². The van der Waals surface area contributed by atoms with Crippen LogP contribution in [0, 0.1) is 12.8 Å². The lowest BCUT2D eigenvalue weighted by atomic mass is 9.98. The van der Waals surface area contributed by atoms with Gasteiger partial charge in [-0.1, -0.05) is 43.3 Å². The zero-order chi connectivity index (χ0) is 22.0. The fourth-order valence-corrected chi connectivity index (χ4v) is 4.25. The number of nitrogens with one attached hydrogen (secondary N) is 2. The number of carbonyl (C=O) groups is 3. The largest absolute Gasteiger partial charge is 0.340 e. The summed E-state index contributed by atoms with van der Waals surface area (Å²) < 4.78 is 0. The first-order valence-corrected chi connectivity index (χ1v) is 10.7. The third-order valence-corrected chi connectivity index (χ3v) is 5.88. The van der Waals surface area contributed by atoms with Crippen molar-refractivity contribution in [3.63, 3.8) is 0 Å². The minimum atomic E-state index is -0.742. The maximum Gasteiger partial charge on any atom is 0.264 e. The Balaban J connectivity index is 1.45. The molecule has 2 atom stereocenters. The quantitative estimate of drug-likeness (QED) is 0.779. The standard InChI is InChI=1S/C24H28N4O3/c1-16-7-5-9-19(13-16)25-21(29)14-17(2)23(30)26-22-20-10-4-3-8-18(20)15-27-11-6-12-28(27)24(22)31/h3-5,7-10,13,17,22H,6,11-12,14-15H2,1-2H3,(H,25,29)(H,26,30)/t17-,22+/m1/s1. The molecule has 2 aliphatic rings. The lowest BCUT2D eigenvalue weighted by Crippen LogP contribution is -2.46. The number of hydrogen-bond acceptors (Lipinski definition) is 4. The molecule has 0 spiro atoms. The first-order valence-electron chi connectivity index (χ1n) is 10.7. The van der Waals surface area contributed by atoms with Crippen molar-refractivity contribution < 1.29 is 14.4 Å². The van der Waals surface area contributed by atoms with Gasteiger partial charge in [-0.25, -0.2) is 5.01 Å². The molecule has 0 unspecified atom stereocenters. The third kappa shape index (κ3) is 4.61. The molecule has 162 valence electrons. The zero-order valence-electron chi connectivity index (χ0n) is 17.9. The Bertz CT molecular complexity index is 1010. The molecule has 2 heterocycles. The van der Waals surface area contributed by atoms with Crippen molar-refractivity contribution in [1.82, 2.24) is 15.3 Å². The monoisotopic (exact) mass is 420 g/mol. The van der Waals surface area contributed by atoms with Gasteiger partial charge in [-0.2, -0.15) is 0 Å². The molecule has 7 nitrogen and oxygen atoms in total. The van der Waals surface area contributed by atoms with Gasteiger partial charge in [0.15, 0.2) is 0 Å². The molecule has 2 aromatic carbocycles. The van der Waals surface area contributed by atoms with Crippen LogP contribution in [0.1, 0.15) is 42.5 Å². The molecular weight excluding hydrogens is 392 g/mol. The fraction of sp³-hybridized carbons (Fsp3) is 0.375. The van der Waals surface area contributed by atoms with E-state index in [9.17, 15) is 14.4 Å². The van der Waals surface area contributed by atoms with Crippen LogP contribution >= 0.6 is 0 Å². The lowest BCUT2D eigenvalue weighted by Gasteiger charge is -2.28. The fourth-order valence-electron chi connectivity index (χ4n) is 4.25. The van der Waals surface area contributed by atoms with Crippen molar-refractivity contribution in [1.29, 1.82) is 0 Å². The summed E-state index contributed by atoms with van der Waals surface area (Å²) in [5.74, 6) is -1.22. The molecule has 1 fully saturated rings. The van der Waals surface area contributed by atoms with Crippen molar-refractivity contribution in [3.8, 4) is 0 Å². The molecule has 4 rings (SSSR count). The molecule has 7 heteroatoms. The van der Waals surface area contributed by atoms with E-state index in [-0.39, 0.29) is 24.1 Å². The molecule has 0 aromatic heterocycles. The van der Waals surface area contributed by atoms with Gasteiger partial charge in [0.2, 0.25) is 11.8 Å². The Kier molecular flexibility index (Phi) is 6.04. The van der Waals surface area contributed by atoms with Crippen LogP contribution in [0.25, 0.3) is 0 Å². The highest BCUT2D eigenvalue weighted by molar-refractivity contribution is 5.95. The van der Waals surface area contributed by atoms with Crippen LogP contribution in [-0.4, -0.2) is 40.8 Å². The Morgan fingerprint density at radius 1 is 1.13 bits per heavy atom. The number of benzene rings is 2. The Hall–Kier alpha value is -3.19. The highest BCUT2D eigenvalue weighted by Gasteiger charge is 2.38. The maximum atomic E-state index is 13.2. The highest BCUT2D eigenvalue weighted by atomic mass is 16.2. The number of hydrogen-bond donors (Lipinski definition) is 2. The van der Waals surface area contributed by atoms with E-state index >= 15 is 0 Å². The summed E-state index contributed by atoms with van der Waals surface area (Å²) in [6, 6.07) is 14.5. The number of hydrazine groups is 1. The highest BCUT2D eigenvalue weighted by Crippen LogP contribution is 2.30. The van der Waals surface area contributed by atoms with Crippen LogP contribution in [0.15, 0.2) is 48.5 Å². The summed E-state index contributed by atoms with van der Waals surface area (Å²) in [5.41, 5.74) is 3.62. The van der Waals surface area contributed by atoms with E-state index in [4.69, 9.17) is 0 Å². The molecule has 0 aliphatic carbocycles. The number of amides is 3. The van der Waals surface area contributed by atoms with Crippen LogP contribution in [0.2, 0.25) is 0 Å². The predicted molar refractivity (Wildman–Crippen MR) is 118 cm³/mol. The molecule has 31 heavy (non-hydrogen) atoms. The van der Waals surface area contributed by atoms with E-state index in [1.807, 2.05) is 60.5 Å². The lowest BCUT2D eigenvalue weighted by molar-refractivity contribution is -0.148. The van der Waals surface area contributed by atoms with Crippen LogP contribution < -0.4 is 10.6 Å². The Labute approximate surface area is 182 Å². The summed E-state index contributed by atoms with van der Waals surface area (Å²) in [7, 11) is 0. The van der Waals surface area contributed by atoms with Crippen molar-refractivity contribution >= 4 is 23.4 Å². The van der Waals surface area contributed by atoms with Gasteiger partial charge in [0.05, 0.1) is 0 Å². The van der Waals surface area contributed by atoms with Crippen molar-refractivity contribution in [2.24, 2.45) is 5.92 Å². The van der Waals surface area contributed by atoms with Crippen molar-refractivity contribution in [3.05, 3.63) is 65.2 Å².